The molecule has 3 nitrogen and oxygen atoms in total. The molecule has 2 N–H and O–H groups in total. The Morgan fingerprint density at radius 1 is 1.30 bits per heavy atom. The molecule has 0 aliphatic carbocycles. The zero-order valence-corrected chi connectivity index (χ0v) is 13.7. The minimum atomic E-state index is -0.306. The van der Waals surface area contributed by atoms with Gasteiger partial charge in [-0.25, -0.2) is 4.39 Å². The summed E-state index contributed by atoms with van der Waals surface area (Å²) in [6.45, 7) is 8.57. The van der Waals surface area contributed by atoms with Gasteiger partial charge in [0.05, 0.1) is 18.8 Å². The fraction of sp³-hybridized carbons (Fsp3) is 0.368. The summed E-state index contributed by atoms with van der Waals surface area (Å²) in [7, 11) is 0. The van der Waals surface area contributed by atoms with E-state index in [1.165, 1.54) is 11.0 Å². The second-order valence-corrected chi connectivity index (χ2v) is 5.90. The van der Waals surface area contributed by atoms with Gasteiger partial charge in [0, 0.05) is 11.8 Å². The molecule has 4 heteroatoms. The van der Waals surface area contributed by atoms with Crippen molar-refractivity contribution in [3.05, 3.63) is 72.3 Å². The van der Waals surface area contributed by atoms with E-state index >= 15 is 0 Å². The molecule has 0 fully saturated rings. The lowest BCUT2D eigenvalue weighted by Gasteiger charge is -2.21. The van der Waals surface area contributed by atoms with Gasteiger partial charge in [-0.2, -0.15) is 0 Å². The fourth-order valence-corrected chi connectivity index (χ4v) is 2.74. The number of halogens is 1. The topological polar surface area (TPSA) is 29.6 Å². The van der Waals surface area contributed by atoms with Crippen molar-refractivity contribution in [1.29, 1.82) is 0 Å². The van der Waals surface area contributed by atoms with Gasteiger partial charge in [-0.15, -0.1) is 0 Å². The number of aliphatic hydroxyl groups excluding tert-OH is 1. The van der Waals surface area contributed by atoms with Crippen LogP contribution in [0.25, 0.3) is 0 Å². The molecular formula is C19H26FN2O+. The summed E-state index contributed by atoms with van der Waals surface area (Å²) < 4.78 is 15.9. The van der Waals surface area contributed by atoms with Crippen LogP contribution in [0.1, 0.15) is 24.6 Å². The Morgan fingerprint density at radius 3 is 2.78 bits per heavy atom. The van der Waals surface area contributed by atoms with Crippen LogP contribution in [0.2, 0.25) is 0 Å². The van der Waals surface area contributed by atoms with E-state index in [1.807, 2.05) is 37.4 Å². The van der Waals surface area contributed by atoms with E-state index in [0.29, 0.717) is 18.7 Å². The molecule has 1 aromatic carbocycles. The van der Waals surface area contributed by atoms with Gasteiger partial charge in [0.25, 0.3) is 0 Å². The van der Waals surface area contributed by atoms with E-state index in [0.717, 1.165) is 25.2 Å². The summed E-state index contributed by atoms with van der Waals surface area (Å²) in [6, 6.07) is 10.9. The van der Waals surface area contributed by atoms with Crippen molar-refractivity contribution in [2.45, 2.75) is 32.5 Å². The average molecular weight is 317 g/mol. The predicted molar refractivity (Wildman–Crippen MR) is 90.8 cm³/mol. The molecule has 0 aliphatic rings. The maximum Gasteiger partial charge on any atom is 0.128 e. The minimum absolute atomic E-state index is 0.177. The predicted octanol–water partition coefficient (Wildman–Crippen LogP) is 2.02. The Kier molecular flexibility index (Phi) is 6.56. The zero-order valence-electron chi connectivity index (χ0n) is 13.7. The van der Waals surface area contributed by atoms with Crippen molar-refractivity contribution in [1.82, 2.24) is 4.57 Å². The largest absolute Gasteiger partial charge is 0.387 e. The van der Waals surface area contributed by atoms with Gasteiger partial charge in [-0.1, -0.05) is 31.7 Å². The van der Waals surface area contributed by atoms with Crippen LogP contribution in [0.3, 0.4) is 0 Å². The molecule has 1 unspecified atom stereocenters. The number of nitrogens with zero attached hydrogens (tertiary/aromatic N) is 1. The third kappa shape index (κ3) is 5.05. The summed E-state index contributed by atoms with van der Waals surface area (Å²) >= 11 is 0. The molecular weight excluding hydrogens is 291 g/mol. The second-order valence-electron chi connectivity index (χ2n) is 5.90. The first-order valence-electron chi connectivity index (χ1n) is 8.14. The van der Waals surface area contributed by atoms with Crippen molar-refractivity contribution in [2.24, 2.45) is 0 Å². The maximum atomic E-state index is 13.8. The normalized spacial score (nSPS) is 13.7. The molecule has 2 aromatic rings. The van der Waals surface area contributed by atoms with Crippen LogP contribution in [0.15, 0.2) is 55.3 Å². The highest BCUT2D eigenvalue weighted by Gasteiger charge is 2.15. The molecule has 1 aromatic heterocycles. The monoisotopic (exact) mass is 317 g/mol. The van der Waals surface area contributed by atoms with E-state index in [2.05, 4.69) is 17.2 Å². The van der Waals surface area contributed by atoms with Crippen LogP contribution in [0.5, 0.6) is 0 Å². The minimum Gasteiger partial charge on any atom is -0.387 e. The van der Waals surface area contributed by atoms with Crippen molar-refractivity contribution < 1.29 is 14.4 Å². The van der Waals surface area contributed by atoms with Gasteiger partial charge < -0.3 is 14.6 Å². The van der Waals surface area contributed by atoms with Gasteiger partial charge in [0.1, 0.15) is 25.0 Å². The van der Waals surface area contributed by atoms with Crippen LogP contribution in [0.4, 0.5) is 4.39 Å². The number of hydrogen-bond donors (Lipinski definition) is 2. The molecule has 0 saturated heterocycles. The van der Waals surface area contributed by atoms with Crippen LogP contribution in [0, 0.1) is 5.82 Å². The SMILES string of the molecule is C=CC[NH+](Cc1cccn1Cc1ccccc1F)C[C@H](O)CC. The first kappa shape index (κ1) is 17.4. The first-order chi connectivity index (χ1) is 11.1. The summed E-state index contributed by atoms with van der Waals surface area (Å²) in [4.78, 5) is 1.25. The van der Waals surface area contributed by atoms with Crippen molar-refractivity contribution >= 4 is 0 Å². The Balaban J connectivity index is 2.10. The third-order valence-corrected chi connectivity index (χ3v) is 4.08. The third-order valence-electron chi connectivity index (χ3n) is 4.08. The van der Waals surface area contributed by atoms with E-state index in [-0.39, 0.29) is 11.9 Å². The van der Waals surface area contributed by atoms with Crippen LogP contribution in [-0.2, 0) is 13.1 Å². The standard InChI is InChI=1S/C19H25FN2O/c1-3-11-21(15-18(23)4-2)14-17-9-7-12-22(17)13-16-8-5-6-10-19(16)20/h3,5-10,12,18,23H,1,4,11,13-15H2,2H3/p+1/t18-/m1/s1. The van der Waals surface area contributed by atoms with Crippen LogP contribution < -0.4 is 4.90 Å². The first-order valence-corrected chi connectivity index (χ1v) is 8.14. The molecule has 124 valence electrons. The Bertz CT molecular complexity index is 623. The highest BCUT2D eigenvalue weighted by molar-refractivity contribution is 5.19. The van der Waals surface area contributed by atoms with E-state index in [1.54, 1.807) is 6.07 Å². The van der Waals surface area contributed by atoms with Crippen molar-refractivity contribution in [3.63, 3.8) is 0 Å². The van der Waals surface area contributed by atoms with Gasteiger partial charge in [0.2, 0.25) is 0 Å². The molecule has 0 amide bonds. The van der Waals surface area contributed by atoms with E-state index in [9.17, 15) is 9.50 Å². The number of rotatable bonds is 9. The molecule has 0 spiro atoms. The Labute approximate surface area is 137 Å². The molecule has 1 heterocycles. The summed E-state index contributed by atoms with van der Waals surface area (Å²) in [6.07, 6.45) is 4.29. The number of aromatic nitrogens is 1. The molecule has 2 rings (SSSR count). The summed E-state index contributed by atoms with van der Waals surface area (Å²) in [5.41, 5.74) is 1.82. The highest BCUT2D eigenvalue weighted by atomic mass is 19.1. The number of aliphatic hydroxyl groups is 1. The zero-order chi connectivity index (χ0) is 16.7. The number of quaternary nitrogens is 1. The molecule has 0 saturated carbocycles. The highest BCUT2D eigenvalue weighted by Crippen LogP contribution is 2.11. The number of hydrogen-bond acceptors (Lipinski definition) is 1. The van der Waals surface area contributed by atoms with E-state index in [4.69, 9.17) is 0 Å². The van der Waals surface area contributed by atoms with Crippen molar-refractivity contribution in [3.8, 4) is 0 Å². The molecule has 0 radical (unpaired) electrons. The Morgan fingerprint density at radius 2 is 2.09 bits per heavy atom. The van der Waals surface area contributed by atoms with Gasteiger partial charge in [-0.3, -0.25) is 0 Å². The smallest absolute Gasteiger partial charge is 0.128 e. The van der Waals surface area contributed by atoms with Gasteiger partial charge >= 0.3 is 0 Å². The van der Waals surface area contributed by atoms with Gasteiger partial charge in [0.15, 0.2) is 0 Å². The van der Waals surface area contributed by atoms with Gasteiger partial charge in [-0.05, 0) is 30.7 Å². The second kappa shape index (κ2) is 8.65. The molecule has 0 aliphatic heterocycles. The maximum absolute atomic E-state index is 13.8. The molecule has 0 bridgehead atoms. The molecule has 23 heavy (non-hydrogen) atoms. The Hall–Kier alpha value is -1.91. The average Bonchev–Trinajstić information content (AvgIpc) is 2.96. The fourth-order valence-electron chi connectivity index (χ4n) is 2.74. The quantitative estimate of drug-likeness (QED) is 0.681. The van der Waals surface area contributed by atoms with Crippen LogP contribution in [-0.4, -0.2) is 28.9 Å². The summed E-state index contributed by atoms with van der Waals surface area (Å²) in [5.74, 6) is -0.177. The van der Waals surface area contributed by atoms with Crippen LogP contribution >= 0.6 is 0 Å². The molecule has 2 atom stereocenters. The number of benzene rings is 1. The lowest BCUT2D eigenvalue weighted by atomic mass is 10.2. The van der Waals surface area contributed by atoms with Crippen molar-refractivity contribution in [2.75, 3.05) is 13.1 Å². The van der Waals surface area contributed by atoms with E-state index < -0.39 is 0 Å². The number of nitrogens with one attached hydrogen (secondary N) is 1. The lowest BCUT2D eigenvalue weighted by molar-refractivity contribution is -0.911. The lowest BCUT2D eigenvalue weighted by Crippen LogP contribution is -3.11. The summed E-state index contributed by atoms with van der Waals surface area (Å²) in [5, 5.41) is 9.91.